The van der Waals surface area contributed by atoms with Gasteiger partial charge in [0.1, 0.15) is 5.75 Å². The first kappa shape index (κ1) is 22.0. The van der Waals surface area contributed by atoms with Gasteiger partial charge in [-0.1, -0.05) is 48.5 Å². The van der Waals surface area contributed by atoms with Crippen LogP contribution >= 0.6 is 0 Å². The lowest BCUT2D eigenvalue weighted by Gasteiger charge is -2.28. The van der Waals surface area contributed by atoms with E-state index in [1.54, 1.807) is 37.3 Å². The molecule has 0 aromatic heterocycles. The van der Waals surface area contributed by atoms with Gasteiger partial charge in [-0.2, -0.15) is 4.31 Å². The fourth-order valence-electron chi connectivity index (χ4n) is 3.99. The summed E-state index contributed by atoms with van der Waals surface area (Å²) in [4.78, 5) is 14.7. The molecule has 3 aromatic carbocycles. The van der Waals surface area contributed by atoms with E-state index in [4.69, 9.17) is 4.74 Å². The number of carbonyl (C=O) groups is 1. The number of ether oxygens (including phenoxy) is 1. The molecule has 1 amide bonds. The van der Waals surface area contributed by atoms with E-state index in [1.165, 1.54) is 15.9 Å². The maximum absolute atomic E-state index is 13.3. The van der Waals surface area contributed by atoms with Crippen molar-refractivity contribution in [1.29, 1.82) is 0 Å². The van der Waals surface area contributed by atoms with Gasteiger partial charge in [0.15, 0.2) is 0 Å². The molecule has 0 N–H and O–H groups in total. The summed E-state index contributed by atoms with van der Waals surface area (Å²) in [5.74, 6) is 0.450. The smallest absolute Gasteiger partial charge is 0.253 e. The summed E-state index contributed by atoms with van der Waals surface area (Å²) in [5, 5.41) is 0. The van der Waals surface area contributed by atoms with Crippen LogP contribution in [0.25, 0.3) is 0 Å². The number of benzene rings is 3. The minimum absolute atomic E-state index is 0.133. The molecule has 0 aliphatic carbocycles. The lowest BCUT2D eigenvalue weighted by atomic mass is 10.0. The van der Waals surface area contributed by atoms with E-state index in [9.17, 15) is 13.2 Å². The summed E-state index contributed by atoms with van der Waals surface area (Å²) >= 11 is 0. The number of nitrogens with zero attached hydrogens (tertiary/aromatic N) is 2. The summed E-state index contributed by atoms with van der Waals surface area (Å²) in [7, 11) is -0.430. The number of fused-ring (bicyclic) bond motifs is 1. The van der Waals surface area contributed by atoms with Crippen molar-refractivity contribution >= 4 is 15.9 Å². The van der Waals surface area contributed by atoms with Crippen LogP contribution in [0.1, 0.15) is 27.0 Å². The van der Waals surface area contributed by atoms with Crippen molar-refractivity contribution in [3.05, 3.63) is 95.1 Å². The zero-order chi connectivity index (χ0) is 22.7. The van der Waals surface area contributed by atoms with Gasteiger partial charge in [0.2, 0.25) is 10.0 Å². The fraction of sp³-hybridized carbons (Fsp3) is 0.240. The SMILES string of the molecule is COc1ccccc1CN(C)C(=O)c1cccc(S(=O)(=O)N2CCc3ccccc3C2)c1. The van der Waals surface area contributed by atoms with Gasteiger partial charge in [0.05, 0.1) is 12.0 Å². The van der Waals surface area contributed by atoms with Crippen LogP contribution in [0.5, 0.6) is 5.75 Å². The van der Waals surface area contributed by atoms with Crippen LogP contribution in [-0.2, 0) is 29.5 Å². The third-order valence-corrected chi connectivity index (χ3v) is 7.60. The topological polar surface area (TPSA) is 66.9 Å². The number of amides is 1. The molecular weight excluding hydrogens is 424 g/mol. The third kappa shape index (κ3) is 4.40. The summed E-state index contributed by atoms with van der Waals surface area (Å²) in [6.07, 6.45) is 0.676. The number of rotatable bonds is 6. The molecule has 166 valence electrons. The van der Waals surface area contributed by atoms with E-state index in [0.717, 1.165) is 11.1 Å². The van der Waals surface area contributed by atoms with Crippen LogP contribution in [0.3, 0.4) is 0 Å². The van der Waals surface area contributed by atoms with Crippen LogP contribution < -0.4 is 4.74 Å². The number of carbonyl (C=O) groups excluding carboxylic acids is 1. The van der Waals surface area contributed by atoms with Gasteiger partial charge in [-0.15, -0.1) is 0 Å². The number of hydrogen-bond acceptors (Lipinski definition) is 4. The van der Waals surface area contributed by atoms with E-state index in [1.807, 2.05) is 48.5 Å². The molecule has 1 aliphatic heterocycles. The predicted molar refractivity (Wildman–Crippen MR) is 123 cm³/mol. The van der Waals surface area contributed by atoms with Gasteiger partial charge >= 0.3 is 0 Å². The number of methoxy groups -OCH3 is 1. The zero-order valence-corrected chi connectivity index (χ0v) is 19.0. The first-order valence-electron chi connectivity index (χ1n) is 10.4. The highest BCUT2D eigenvalue weighted by molar-refractivity contribution is 7.89. The molecule has 3 aromatic rings. The Morgan fingerprint density at radius 3 is 2.50 bits per heavy atom. The molecular formula is C25H26N2O4S. The van der Waals surface area contributed by atoms with Crippen molar-refractivity contribution in [2.45, 2.75) is 24.4 Å². The monoisotopic (exact) mass is 450 g/mol. The second-order valence-corrected chi connectivity index (χ2v) is 9.80. The Balaban J connectivity index is 1.54. The van der Waals surface area contributed by atoms with E-state index in [2.05, 4.69) is 0 Å². The summed E-state index contributed by atoms with van der Waals surface area (Å²) in [6, 6.07) is 21.7. The maximum atomic E-state index is 13.3. The Morgan fingerprint density at radius 2 is 1.72 bits per heavy atom. The molecule has 1 heterocycles. The van der Waals surface area contributed by atoms with Crippen molar-refractivity contribution in [2.24, 2.45) is 0 Å². The molecule has 0 spiro atoms. The first-order chi connectivity index (χ1) is 15.4. The molecule has 4 rings (SSSR count). The van der Waals surface area contributed by atoms with Crippen LogP contribution in [0.4, 0.5) is 0 Å². The molecule has 0 bridgehead atoms. The molecule has 32 heavy (non-hydrogen) atoms. The van der Waals surface area contributed by atoms with E-state index >= 15 is 0 Å². The average molecular weight is 451 g/mol. The average Bonchev–Trinajstić information content (AvgIpc) is 2.83. The van der Waals surface area contributed by atoms with Gasteiger partial charge in [-0.3, -0.25) is 4.79 Å². The summed E-state index contributed by atoms with van der Waals surface area (Å²) < 4.78 is 33.4. The number of hydrogen-bond donors (Lipinski definition) is 0. The van der Waals surface area contributed by atoms with Gasteiger partial charge < -0.3 is 9.64 Å². The standard InChI is InChI=1S/C25H26N2O4S/c1-26(17-22-10-5-6-13-24(22)31-2)25(28)20-11-7-12-23(16-20)32(29,30)27-15-14-19-8-3-4-9-21(19)18-27/h3-13,16H,14-15,17-18H2,1-2H3. The maximum Gasteiger partial charge on any atom is 0.253 e. The molecule has 0 saturated heterocycles. The minimum atomic E-state index is -3.71. The van der Waals surface area contributed by atoms with Gasteiger partial charge in [0, 0.05) is 37.8 Å². The fourth-order valence-corrected chi connectivity index (χ4v) is 5.46. The highest BCUT2D eigenvalue weighted by atomic mass is 32.2. The first-order valence-corrected chi connectivity index (χ1v) is 11.9. The summed E-state index contributed by atoms with van der Waals surface area (Å²) in [5.41, 5.74) is 3.41. The third-order valence-electron chi connectivity index (χ3n) is 5.76. The number of sulfonamides is 1. The highest BCUT2D eigenvalue weighted by Gasteiger charge is 2.29. The molecule has 0 unspecified atom stereocenters. The van der Waals surface area contributed by atoms with Gasteiger partial charge in [0.25, 0.3) is 5.91 Å². The molecule has 0 radical (unpaired) electrons. The molecule has 6 nitrogen and oxygen atoms in total. The summed E-state index contributed by atoms with van der Waals surface area (Å²) in [6.45, 7) is 1.11. The van der Waals surface area contributed by atoms with Crippen molar-refractivity contribution in [2.75, 3.05) is 20.7 Å². The Bertz CT molecular complexity index is 1240. The Morgan fingerprint density at radius 1 is 1.00 bits per heavy atom. The molecule has 0 atom stereocenters. The van der Waals surface area contributed by atoms with Crippen LogP contribution in [0.15, 0.2) is 77.7 Å². The second kappa shape index (κ2) is 9.14. The van der Waals surface area contributed by atoms with Crippen LogP contribution in [0, 0.1) is 0 Å². The van der Waals surface area contributed by atoms with E-state index in [0.29, 0.717) is 37.4 Å². The Labute approximate surface area is 189 Å². The van der Waals surface area contributed by atoms with E-state index in [-0.39, 0.29) is 10.8 Å². The Kier molecular flexibility index (Phi) is 6.30. The van der Waals surface area contributed by atoms with Crippen LogP contribution in [-0.4, -0.2) is 44.2 Å². The van der Waals surface area contributed by atoms with Crippen LogP contribution in [0.2, 0.25) is 0 Å². The zero-order valence-electron chi connectivity index (χ0n) is 18.2. The number of para-hydroxylation sites is 1. The van der Waals surface area contributed by atoms with Crippen molar-refractivity contribution in [1.82, 2.24) is 9.21 Å². The molecule has 1 aliphatic rings. The van der Waals surface area contributed by atoms with Crippen molar-refractivity contribution in [3.63, 3.8) is 0 Å². The lowest BCUT2D eigenvalue weighted by molar-refractivity contribution is 0.0784. The van der Waals surface area contributed by atoms with Crippen molar-refractivity contribution < 1.29 is 17.9 Å². The predicted octanol–water partition coefficient (Wildman–Crippen LogP) is 3.71. The highest BCUT2D eigenvalue weighted by Crippen LogP contribution is 2.26. The quantitative estimate of drug-likeness (QED) is 0.574. The molecule has 7 heteroatoms. The second-order valence-electron chi connectivity index (χ2n) is 7.86. The van der Waals surface area contributed by atoms with Gasteiger partial charge in [-0.05, 0) is 41.8 Å². The minimum Gasteiger partial charge on any atom is -0.496 e. The largest absolute Gasteiger partial charge is 0.496 e. The van der Waals surface area contributed by atoms with Crippen molar-refractivity contribution in [3.8, 4) is 5.75 Å². The Hall–Kier alpha value is -3.16. The normalized spacial score (nSPS) is 13.9. The lowest BCUT2D eigenvalue weighted by Crippen LogP contribution is -2.36. The van der Waals surface area contributed by atoms with Gasteiger partial charge in [-0.25, -0.2) is 8.42 Å². The molecule has 0 fully saturated rings. The van der Waals surface area contributed by atoms with E-state index < -0.39 is 10.0 Å². The molecule has 0 saturated carbocycles.